The van der Waals surface area contributed by atoms with E-state index in [2.05, 4.69) is 11.5 Å². The van der Waals surface area contributed by atoms with Crippen LogP contribution >= 0.6 is 0 Å². The second-order valence-electron chi connectivity index (χ2n) is 7.65. The standard InChI is InChI=1S/C21H27FN2O2/c1-2-17-13-19(17)23-15-21(14-16-4-3-5-18(22)12-16)7-10-24(11-8-21)9-6-20(25)26/h2-5,12,17H,1,6-11,13-15H2,(H,25,26). The number of allylic oxidation sites excluding steroid dienone is 1. The predicted molar refractivity (Wildman–Crippen MR) is 101 cm³/mol. The summed E-state index contributed by atoms with van der Waals surface area (Å²) in [5, 5.41) is 8.88. The Hall–Kier alpha value is -2.01. The van der Waals surface area contributed by atoms with Gasteiger partial charge < -0.3 is 10.0 Å². The van der Waals surface area contributed by atoms with Gasteiger partial charge in [0.05, 0.1) is 6.42 Å². The minimum absolute atomic E-state index is 0.0226. The summed E-state index contributed by atoms with van der Waals surface area (Å²) in [6, 6.07) is 6.85. The van der Waals surface area contributed by atoms with Gasteiger partial charge in [0.1, 0.15) is 5.82 Å². The van der Waals surface area contributed by atoms with Crippen molar-refractivity contribution in [2.24, 2.45) is 16.3 Å². The molecule has 1 aromatic carbocycles. The van der Waals surface area contributed by atoms with Crippen molar-refractivity contribution >= 4 is 11.7 Å². The molecule has 26 heavy (non-hydrogen) atoms. The van der Waals surface area contributed by atoms with Crippen LogP contribution in [0.1, 0.15) is 31.2 Å². The molecule has 1 atom stereocenters. The molecule has 0 spiro atoms. The molecule has 5 heteroatoms. The topological polar surface area (TPSA) is 52.9 Å². The first kappa shape index (κ1) is 18.8. The molecule has 4 nitrogen and oxygen atoms in total. The van der Waals surface area contributed by atoms with Crippen molar-refractivity contribution in [1.82, 2.24) is 4.90 Å². The summed E-state index contributed by atoms with van der Waals surface area (Å²) < 4.78 is 13.6. The van der Waals surface area contributed by atoms with E-state index in [4.69, 9.17) is 10.1 Å². The molecule has 2 fully saturated rings. The Morgan fingerprint density at radius 1 is 1.42 bits per heavy atom. The van der Waals surface area contributed by atoms with Crippen LogP contribution in [0.15, 0.2) is 41.9 Å². The highest BCUT2D eigenvalue weighted by Crippen LogP contribution is 2.37. The molecular weight excluding hydrogens is 331 g/mol. The maximum absolute atomic E-state index is 13.6. The first-order chi connectivity index (χ1) is 12.5. The largest absolute Gasteiger partial charge is 0.481 e. The molecule has 0 amide bonds. The molecule has 2 aliphatic rings. The van der Waals surface area contributed by atoms with Gasteiger partial charge in [-0.1, -0.05) is 18.2 Å². The van der Waals surface area contributed by atoms with E-state index in [-0.39, 0.29) is 17.7 Å². The van der Waals surface area contributed by atoms with Crippen molar-refractivity contribution in [3.63, 3.8) is 0 Å². The number of carboxylic acid groups (broad SMARTS) is 1. The number of hydrogen-bond donors (Lipinski definition) is 1. The number of halogens is 1. The smallest absolute Gasteiger partial charge is 0.304 e. The molecule has 1 unspecified atom stereocenters. The summed E-state index contributed by atoms with van der Waals surface area (Å²) in [7, 11) is 0. The van der Waals surface area contributed by atoms with E-state index in [1.54, 1.807) is 12.1 Å². The van der Waals surface area contributed by atoms with Crippen LogP contribution in [0, 0.1) is 17.2 Å². The molecule has 1 saturated carbocycles. The summed E-state index contributed by atoms with van der Waals surface area (Å²) in [6.07, 6.45) is 5.88. The minimum atomic E-state index is -0.753. The SMILES string of the molecule is C=CC1CC1=NCC1(Cc2cccc(F)c2)CCN(CCC(=O)O)CC1. The van der Waals surface area contributed by atoms with Gasteiger partial charge >= 0.3 is 5.97 Å². The summed E-state index contributed by atoms with van der Waals surface area (Å²) in [6.45, 7) is 6.93. The molecule has 1 aliphatic carbocycles. The van der Waals surface area contributed by atoms with E-state index in [0.717, 1.165) is 50.9 Å². The fraction of sp³-hybridized carbons (Fsp3) is 0.524. The molecule has 0 aromatic heterocycles. The first-order valence-corrected chi connectivity index (χ1v) is 9.34. The Balaban J connectivity index is 1.67. The van der Waals surface area contributed by atoms with E-state index in [1.165, 1.54) is 11.8 Å². The third-order valence-corrected chi connectivity index (χ3v) is 5.63. The Labute approximate surface area is 154 Å². The van der Waals surface area contributed by atoms with Gasteiger partial charge in [0.2, 0.25) is 0 Å². The fourth-order valence-electron chi connectivity index (χ4n) is 3.81. The van der Waals surface area contributed by atoms with E-state index in [9.17, 15) is 9.18 Å². The molecule has 1 heterocycles. The minimum Gasteiger partial charge on any atom is -0.481 e. The molecule has 1 N–H and O–H groups in total. The van der Waals surface area contributed by atoms with Gasteiger partial charge in [-0.05, 0) is 61.9 Å². The zero-order valence-electron chi connectivity index (χ0n) is 15.2. The predicted octanol–water partition coefficient (Wildman–Crippen LogP) is 3.57. The van der Waals surface area contributed by atoms with Crippen LogP contribution in [0.4, 0.5) is 4.39 Å². The van der Waals surface area contributed by atoms with Gasteiger partial charge in [-0.25, -0.2) is 4.39 Å². The van der Waals surface area contributed by atoms with Crippen LogP contribution in [0.5, 0.6) is 0 Å². The average molecular weight is 358 g/mol. The third kappa shape index (κ3) is 5.01. The van der Waals surface area contributed by atoms with Crippen LogP contribution in [-0.2, 0) is 11.2 Å². The van der Waals surface area contributed by atoms with Crippen molar-refractivity contribution in [2.75, 3.05) is 26.2 Å². The van der Waals surface area contributed by atoms with Gasteiger partial charge in [0, 0.05) is 24.7 Å². The van der Waals surface area contributed by atoms with Crippen LogP contribution < -0.4 is 0 Å². The average Bonchev–Trinajstić information content (AvgIpc) is 3.38. The lowest BCUT2D eigenvalue weighted by Gasteiger charge is -2.41. The van der Waals surface area contributed by atoms with Gasteiger partial charge in [-0.2, -0.15) is 0 Å². The normalized spacial score (nSPS) is 23.7. The molecule has 1 saturated heterocycles. The van der Waals surface area contributed by atoms with E-state index in [1.807, 2.05) is 12.1 Å². The van der Waals surface area contributed by atoms with E-state index in [0.29, 0.717) is 12.5 Å². The van der Waals surface area contributed by atoms with Gasteiger partial charge in [0.15, 0.2) is 0 Å². The van der Waals surface area contributed by atoms with Gasteiger partial charge in [-0.3, -0.25) is 9.79 Å². The Morgan fingerprint density at radius 2 is 2.19 bits per heavy atom. The maximum atomic E-state index is 13.6. The summed E-state index contributed by atoms with van der Waals surface area (Å²) in [5.41, 5.74) is 2.27. The Bertz CT molecular complexity index is 693. The van der Waals surface area contributed by atoms with Crippen LogP contribution in [0.25, 0.3) is 0 Å². The first-order valence-electron chi connectivity index (χ1n) is 9.34. The Kier molecular flexibility index (Phi) is 5.87. The zero-order chi connectivity index (χ0) is 18.6. The van der Waals surface area contributed by atoms with Gasteiger partial charge in [-0.15, -0.1) is 6.58 Å². The number of nitrogens with zero attached hydrogens (tertiary/aromatic N) is 2. The Morgan fingerprint density at radius 3 is 2.81 bits per heavy atom. The number of hydrogen-bond acceptors (Lipinski definition) is 3. The van der Waals surface area contributed by atoms with Crippen LogP contribution in [0.3, 0.4) is 0 Å². The summed E-state index contributed by atoms with van der Waals surface area (Å²) in [4.78, 5) is 17.9. The zero-order valence-corrected chi connectivity index (χ0v) is 15.2. The lowest BCUT2D eigenvalue weighted by atomic mass is 9.73. The van der Waals surface area contributed by atoms with E-state index < -0.39 is 5.97 Å². The van der Waals surface area contributed by atoms with Gasteiger partial charge in [0.25, 0.3) is 0 Å². The number of piperidine rings is 1. The lowest BCUT2D eigenvalue weighted by molar-refractivity contribution is -0.137. The molecule has 140 valence electrons. The van der Waals surface area contributed by atoms with Crippen molar-refractivity contribution in [2.45, 2.75) is 32.1 Å². The number of rotatable bonds is 8. The lowest BCUT2D eigenvalue weighted by Crippen LogP contribution is -2.43. The number of likely N-dealkylation sites (tertiary alicyclic amines) is 1. The number of aliphatic imine (C=N–C) groups is 1. The highest BCUT2D eigenvalue weighted by atomic mass is 19.1. The number of carboxylic acids is 1. The molecule has 0 bridgehead atoms. The highest BCUT2D eigenvalue weighted by molar-refractivity contribution is 6.02. The third-order valence-electron chi connectivity index (χ3n) is 5.63. The molecule has 0 radical (unpaired) electrons. The van der Waals surface area contributed by atoms with Crippen molar-refractivity contribution in [1.29, 1.82) is 0 Å². The molecule has 3 rings (SSSR count). The summed E-state index contributed by atoms with van der Waals surface area (Å²) in [5.74, 6) is -0.508. The second kappa shape index (κ2) is 8.12. The monoisotopic (exact) mass is 358 g/mol. The van der Waals surface area contributed by atoms with E-state index >= 15 is 0 Å². The highest BCUT2D eigenvalue weighted by Gasteiger charge is 2.36. The molecule has 1 aromatic rings. The summed E-state index contributed by atoms with van der Waals surface area (Å²) >= 11 is 0. The van der Waals surface area contributed by atoms with Crippen LogP contribution in [-0.4, -0.2) is 47.9 Å². The molecular formula is C21H27FN2O2. The fourth-order valence-corrected chi connectivity index (χ4v) is 3.81. The molecule has 1 aliphatic heterocycles. The van der Waals surface area contributed by atoms with Crippen molar-refractivity contribution in [3.05, 3.63) is 48.3 Å². The quantitative estimate of drug-likeness (QED) is 0.723. The maximum Gasteiger partial charge on any atom is 0.304 e. The number of benzene rings is 1. The second-order valence-corrected chi connectivity index (χ2v) is 7.65. The van der Waals surface area contributed by atoms with Crippen LogP contribution in [0.2, 0.25) is 0 Å². The van der Waals surface area contributed by atoms with Crippen molar-refractivity contribution < 1.29 is 14.3 Å². The number of aliphatic carboxylic acids is 1. The van der Waals surface area contributed by atoms with Crippen molar-refractivity contribution in [3.8, 4) is 0 Å². The number of carbonyl (C=O) groups is 1.